The predicted octanol–water partition coefficient (Wildman–Crippen LogP) is 4.36. The normalized spacial score (nSPS) is 19.3. The van der Waals surface area contributed by atoms with Crippen molar-refractivity contribution in [3.05, 3.63) is 54.0 Å². The number of carbonyl (C=O) groups excluding carboxylic acids is 1. The van der Waals surface area contributed by atoms with Crippen LogP contribution in [0.1, 0.15) is 55.8 Å². The van der Waals surface area contributed by atoms with Crippen molar-refractivity contribution in [2.24, 2.45) is 0 Å². The van der Waals surface area contributed by atoms with Crippen LogP contribution in [-0.2, 0) is 0 Å². The quantitative estimate of drug-likeness (QED) is 0.393. The number of fused-ring (bicyclic) bond motifs is 3. The molecule has 6 heterocycles. The Balaban J connectivity index is 1.20. The molecule has 0 aliphatic carbocycles. The Kier molecular flexibility index (Phi) is 6.46. The van der Waals surface area contributed by atoms with Crippen LogP contribution in [0.25, 0.3) is 22.4 Å². The Labute approximate surface area is 226 Å². The summed E-state index contributed by atoms with van der Waals surface area (Å²) < 4.78 is 16.9. The number of carbonyl (C=O) groups is 1. The zero-order valence-corrected chi connectivity index (χ0v) is 22.6. The van der Waals surface area contributed by atoms with E-state index in [9.17, 15) is 9.18 Å². The highest BCUT2D eigenvalue weighted by Gasteiger charge is 2.40. The Hall–Kier alpha value is -3.99. The number of anilines is 2. The summed E-state index contributed by atoms with van der Waals surface area (Å²) in [7, 11) is 0. The molecule has 11 heteroatoms. The number of piperazine rings is 1. The van der Waals surface area contributed by atoms with Gasteiger partial charge in [0.1, 0.15) is 17.3 Å². The van der Waals surface area contributed by atoms with Gasteiger partial charge in [-0.05, 0) is 58.4 Å². The molecule has 2 atom stereocenters. The monoisotopic (exact) mass is 529 g/mol. The minimum absolute atomic E-state index is 0.000730. The summed E-state index contributed by atoms with van der Waals surface area (Å²) in [5, 5.41) is 3.03. The molecule has 6 rings (SSSR count). The molecule has 1 N–H and O–H groups in total. The number of aromatic nitrogens is 6. The van der Waals surface area contributed by atoms with Crippen molar-refractivity contribution in [1.82, 2.24) is 39.3 Å². The predicted molar refractivity (Wildman–Crippen MR) is 146 cm³/mol. The Morgan fingerprint density at radius 2 is 1.85 bits per heavy atom. The number of rotatable bonds is 6. The lowest BCUT2D eigenvalue weighted by molar-refractivity contribution is 0.0466. The standard InChI is InChI=1S/C28H32FN9O/c1-5-37-20-7-8-21(37)15-36(14-20)27(39)18-6-9-24(30-11-18)34-28-32-13-22(29)25(35-28)19-10-23-26(31-12-19)33-17(4)38(23)16(2)3/h6,9-13,16,20-21H,5,7-8,14-15H2,1-4H3,(H,30,32,34,35). The smallest absolute Gasteiger partial charge is 0.255 e. The molecule has 4 aromatic heterocycles. The third-order valence-electron chi connectivity index (χ3n) is 7.79. The van der Waals surface area contributed by atoms with Crippen LogP contribution in [0.5, 0.6) is 0 Å². The molecule has 2 fully saturated rings. The van der Waals surface area contributed by atoms with Crippen LogP contribution in [0.2, 0.25) is 0 Å². The molecule has 0 spiro atoms. The highest BCUT2D eigenvalue weighted by atomic mass is 19.1. The Morgan fingerprint density at radius 1 is 1.08 bits per heavy atom. The lowest BCUT2D eigenvalue weighted by atomic mass is 10.1. The molecular formula is C28H32FN9O. The van der Waals surface area contributed by atoms with Gasteiger partial charge in [-0.15, -0.1) is 0 Å². The van der Waals surface area contributed by atoms with Crippen molar-refractivity contribution in [3.8, 4) is 11.3 Å². The van der Waals surface area contributed by atoms with Gasteiger partial charge in [-0.2, -0.15) is 0 Å². The molecule has 4 aromatic rings. The number of amides is 1. The second kappa shape index (κ2) is 9.96. The van der Waals surface area contributed by atoms with E-state index in [4.69, 9.17) is 0 Å². The summed E-state index contributed by atoms with van der Waals surface area (Å²) in [5.74, 6) is 0.945. The fraction of sp³-hybridized carbons (Fsp3) is 0.429. The van der Waals surface area contributed by atoms with Crippen LogP contribution in [-0.4, -0.2) is 76.9 Å². The molecule has 0 saturated carbocycles. The number of hydrogen-bond donors (Lipinski definition) is 1. The summed E-state index contributed by atoms with van der Waals surface area (Å²) in [6, 6.07) is 6.39. The van der Waals surface area contributed by atoms with E-state index >= 15 is 0 Å². The second-order valence-corrected chi connectivity index (χ2v) is 10.6. The SMILES string of the molecule is CCN1C2CCC1CN(C(=O)c1ccc(Nc3ncc(F)c(-c4cnc5nc(C)n(C(C)C)c5c4)n3)nc1)C2. The van der Waals surface area contributed by atoms with Gasteiger partial charge in [-0.3, -0.25) is 9.69 Å². The topological polar surface area (TPSA) is 105 Å². The van der Waals surface area contributed by atoms with Gasteiger partial charge < -0.3 is 14.8 Å². The number of halogens is 1. The van der Waals surface area contributed by atoms with Crippen LogP contribution in [0, 0.1) is 12.7 Å². The molecule has 2 saturated heterocycles. The van der Waals surface area contributed by atoms with E-state index in [-0.39, 0.29) is 23.6 Å². The zero-order chi connectivity index (χ0) is 27.3. The number of pyridine rings is 2. The van der Waals surface area contributed by atoms with Gasteiger partial charge in [0.2, 0.25) is 5.95 Å². The van der Waals surface area contributed by atoms with Gasteiger partial charge in [0, 0.05) is 49.2 Å². The minimum Gasteiger partial charge on any atom is -0.335 e. The Morgan fingerprint density at radius 3 is 2.51 bits per heavy atom. The van der Waals surface area contributed by atoms with Crippen molar-refractivity contribution >= 4 is 28.8 Å². The minimum atomic E-state index is -0.555. The molecule has 2 aliphatic rings. The lowest BCUT2D eigenvalue weighted by Gasteiger charge is -2.40. The van der Waals surface area contributed by atoms with E-state index in [1.54, 1.807) is 24.5 Å². The molecule has 2 bridgehead atoms. The third kappa shape index (κ3) is 4.60. The van der Waals surface area contributed by atoms with E-state index in [0.717, 1.165) is 50.0 Å². The van der Waals surface area contributed by atoms with Gasteiger partial charge >= 0.3 is 0 Å². The van der Waals surface area contributed by atoms with Crippen LogP contribution < -0.4 is 5.32 Å². The molecule has 202 valence electrons. The second-order valence-electron chi connectivity index (χ2n) is 10.6. The number of imidazole rings is 1. The van der Waals surface area contributed by atoms with Gasteiger partial charge in [-0.1, -0.05) is 6.92 Å². The van der Waals surface area contributed by atoms with Crippen molar-refractivity contribution < 1.29 is 9.18 Å². The molecule has 0 radical (unpaired) electrons. The lowest BCUT2D eigenvalue weighted by Crippen LogP contribution is -2.55. The number of aryl methyl sites for hydroxylation is 1. The number of likely N-dealkylation sites (tertiary alicyclic amines) is 1. The first-order chi connectivity index (χ1) is 18.8. The van der Waals surface area contributed by atoms with Crippen molar-refractivity contribution in [1.29, 1.82) is 0 Å². The first kappa shape index (κ1) is 25.3. The van der Waals surface area contributed by atoms with E-state index in [0.29, 0.717) is 34.7 Å². The van der Waals surface area contributed by atoms with Crippen LogP contribution in [0.4, 0.5) is 16.2 Å². The number of likely N-dealkylation sites (N-methyl/N-ethyl adjacent to an activating group) is 1. The summed E-state index contributed by atoms with van der Waals surface area (Å²) in [5.41, 5.74) is 2.62. The van der Waals surface area contributed by atoms with Gasteiger partial charge in [0.15, 0.2) is 11.5 Å². The third-order valence-corrected chi connectivity index (χ3v) is 7.79. The maximum atomic E-state index is 14.8. The average Bonchev–Trinajstić information content (AvgIpc) is 3.39. The summed E-state index contributed by atoms with van der Waals surface area (Å²) in [4.78, 5) is 39.5. The first-order valence-electron chi connectivity index (χ1n) is 13.5. The molecular weight excluding hydrogens is 497 g/mol. The molecule has 1 amide bonds. The van der Waals surface area contributed by atoms with Crippen molar-refractivity contribution in [2.75, 3.05) is 25.0 Å². The highest BCUT2D eigenvalue weighted by molar-refractivity contribution is 5.94. The molecule has 0 aromatic carbocycles. The summed E-state index contributed by atoms with van der Waals surface area (Å²) in [6.07, 6.45) is 6.56. The summed E-state index contributed by atoms with van der Waals surface area (Å²) in [6.45, 7) is 10.8. The largest absolute Gasteiger partial charge is 0.335 e. The number of nitrogens with zero attached hydrogens (tertiary/aromatic N) is 8. The van der Waals surface area contributed by atoms with E-state index < -0.39 is 5.82 Å². The Bertz CT molecular complexity index is 1520. The molecule has 39 heavy (non-hydrogen) atoms. The maximum absolute atomic E-state index is 14.8. The van der Waals surface area contributed by atoms with Crippen molar-refractivity contribution in [2.45, 2.75) is 58.7 Å². The molecule has 10 nitrogen and oxygen atoms in total. The maximum Gasteiger partial charge on any atom is 0.255 e. The van der Waals surface area contributed by atoms with E-state index in [1.165, 1.54) is 0 Å². The van der Waals surface area contributed by atoms with Crippen LogP contribution in [0.3, 0.4) is 0 Å². The molecule has 2 aliphatic heterocycles. The fourth-order valence-corrected chi connectivity index (χ4v) is 6.07. The average molecular weight is 530 g/mol. The zero-order valence-electron chi connectivity index (χ0n) is 22.6. The molecule has 2 unspecified atom stereocenters. The van der Waals surface area contributed by atoms with Gasteiger partial charge in [0.25, 0.3) is 5.91 Å². The van der Waals surface area contributed by atoms with Crippen molar-refractivity contribution in [3.63, 3.8) is 0 Å². The van der Waals surface area contributed by atoms with E-state index in [1.807, 2.05) is 17.9 Å². The fourth-order valence-electron chi connectivity index (χ4n) is 6.07. The van der Waals surface area contributed by atoms with Crippen LogP contribution in [0.15, 0.2) is 36.8 Å². The number of hydrogen-bond acceptors (Lipinski definition) is 8. The first-order valence-corrected chi connectivity index (χ1v) is 13.5. The van der Waals surface area contributed by atoms with Gasteiger partial charge in [0.05, 0.1) is 17.3 Å². The van der Waals surface area contributed by atoms with E-state index in [2.05, 4.69) is 60.5 Å². The van der Waals surface area contributed by atoms with Gasteiger partial charge in [-0.25, -0.2) is 29.3 Å². The number of nitrogens with one attached hydrogen (secondary N) is 1. The summed E-state index contributed by atoms with van der Waals surface area (Å²) >= 11 is 0. The van der Waals surface area contributed by atoms with Crippen LogP contribution >= 0.6 is 0 Å². The highest BCUT2D eigenvalue weighted by Crippen LogP contribution is 2.31.